The van der Waals surface area contributed by atoms with Crippen LogP contribution in [0.15, 0.2) is 18.2 Å². The van der Waals surface area contributed by atoms with Gasteiger partial charge in [0.2, 0.25) is 0 Å². The lowest BCUT2D eigenvalue weighted by Gasteiger charge is -2.19. The molecule has 1 amide bonds. The van der Waals surface area contributed by atoms with Crippen molar-refractivity contribution in [1.82, 2.24) is 4.90 Å². The number of para-hydroxylation sites is 1. The second-order valence-corrected chi connectivity index (χ2v) is 4.15. The fraction of sp³-hybridized carbons (Fsp3) is 0.462. The highest BCUT2D eigenvalue weighted by Gasteiger charge is 2.13. The van der Waals surface area contributed by atoms with E-state index in [0.29, 0.717) is 29.4 Å². The molecule has 100 valence electrons. The summed E-state index contributed by atoms with van der Waals surface area (Å²) in [7, 11) is 0. The van der Waals surface area contributed by atoms with Gasteiger partial charge in [-0.2, -0.15) is 0 Å². The molecule has 0 aliphatic carbocycles. The van der Waals surface area contributed by atoms with E-state index in [-0.39, 0.29) is 19.1 Å². The van der Waals surface area contributed by atoms with E-state index < -0.39 is 0 Å². The minimum Gasteiger partial charge on any atom is -0.482 e. The molecular formula is C13H18ClNO3. The van der Waals surface area contributed by atoms with E-state index in [1.807, 2.05) is 13.8 Å². The summed E-state index contributed by atoms with van der Waals surface area (Å²) in [6, 6.07) is 5.11. The van der Waals surface area contributed by atoms with Crippen LogP contribution in [0.3, 0.4) is 0 Å². The molecule has 0 atom stereocenters. The van der Waals surface area contributed by atoms with Gasteiger partial charge >= 0.3 is 0 Å². The summed E-state index contributed by atoms with van der Waals surface area (Å²) >= 11 is 5.98. The van der Waals surface area contributed by atoms with Crippen molar-refractivity contribution in [2.75, 3.05) is 19.7 Å². The number of amides is 1. The average molecular weight is 272 g/mol. The molecule has 1 aromatic carbocycles. The Morgan fingerprint density at radius 1 is 1.39 bits per heavy atom. The zero-order chi connectivity index (χ0) is 13.5. The van der Waals surface area contributed by atoms with Gasteiger partial charge in [-0.25, -0.2) is 0 Å². The van der Waals surface area contributed by atoms with Gasteiger partial charge in [-0.05, 0) is 19.9 Å². The number of carbonyl (C=O) groups is 1. The summed E-state index contributed by atoms with van der Waals surface area (Å²) in [5, 5.41) is 9.57. The molecule has 5 heteroatoms. The van der Waals surface area contributed by atoms with E-state index in [0.717, 1.165) is 0 Å². The van der Waals surface area contributed by atoms with Crippen LogP contribution in [-0.2, 0) is 11.4 Å². The van der Waals surface area contributed by atoms with Crippen LogP contribution in [0.4, 0.5) is 0 Å². The van der Waals surface area contributed by atoms with E-state index in [2.05, 4.69) is 0 Å². The predicted molar refractivity (Wildman–Crippen MR) is 70.8 cm³/mol. The first-order valence-electron chi connectivity index (χ1n) is 5.92. The van der Waals surface area contributed by atoms with Crippen LogP contribution >= 0.6 is 11.6 Å². The Morgan fingerprint density at radius 3 is 2.61 bits per heavy atom. The summed E-state index contributed by atoms with van der Waals surface area (Å²) in [4.78, 5) is 13.5. The first kappa shape index (κ1) is 14.8. The number of benzene rings is 1. The molecule has 1 N–H and O–H groups in total. The number of hydrogen-bond acceptors (Lipinski definition) is 3. The Hall–Kier alpha value is -1.26. The highest BCUT2D eigenvalue weighted by molar-refractivity contribution is 6.32. The molecule has 0 unspecified atom stereocenters. The molecule has 0 heterocycles. The van der Waals surface area contributed by atoms with Gasteiger partial charge in [-0.3, -0.25) is 4.79 Å². The van der Waals surface area contributed by atoms with E-state index in [1.165, 1.54) is 0 Å². The third kappa shape index (κ3) is 3.62. The lowest BCUT2D eigenvalue weighted by atomic mass is 10.2. The number of aliphatic hydroxyl groups is 1. The molecule has 0 fully saturated rings. The number of hydrogen-bond donors (Lipinski definition) is 1. The molecule has 0 aliphatic heterocycles. The maximum atomic E-state index is 11.8. The molecule has 0 spiro atoms. The zero-order valence-corrected chi connectivity index (χ0v) is 11.4. The van der Waals surface area contributed by atoms with Crippen LogP contribution in [0, 0.1) is 0 Å². The van der Waals surface area contributed by atoms with Crippen LogP contribution in [0.1, 0.15) is 19.4 Å². The number of halogens is 1. The average Bonchev–Trinajstić information content (AvgIpc) is 2.38. The Balaban J connectivity index is 2.71. The number of rotatable bonds is 6. The first-order valence-corrected chi connectivity index (χ1v) is 6.30. The van der Waals surface area contributed by atoms with E-state index in [1.54, 1.807) is 23.1 Å². The van der Waals surface area contributed by atoms with Gasteiger partial charge in [0.05, 0.1) is 11.6 Å². The van der Waals surface area contributed by atoms with Gasteiger partial charge in [0.1, 0.15) is 5.75 Å². The van der Waals surface area contributed by atoms with Crippen LogP contribution in [0.5, 0.6) is 5.75 Å². The lowest BCUT2D eigenvalue weighted by molar-refractivity contribution is -0.132. The second-order valence-electron chi connectivity index (χ2n) is 3.74. The lowest BCUT2D eigenvalue weighted by Crippen LogP contribution is -2.34. The summed E-state index contributed by atoms with van der Waals surface area (Å²) in [6.45, 7) is 4.88. The van der Waals surface area contributed by atoms with Crippen LogP contribution in [0.25, 0.3) is 0 Å². The zero-order valence-electron chi connectivity index (χ0n) is 10.6. The van der Waals surface area contributed by atoms with Crippen molar-refractivity contribution in [3.05, 3.63) is 28.8 Å². The largest absolute Gasteiger partial charge is 0.482 e. The normalized spacial score (nSPS) is 10.2. The van der Waals surface area contributed by atoms with Crippen LogP contribution < -0.4 is 4.74 Å². The highest BCUT2D eigenvalue weighted by Crippen LogP contribution is 2.28. The van der Waals surface area contributed by atoms with Gasteiger partial charge in [0.15, 0.2) is 6.61 Å². The minimum absolute atomic E-state index is 0.0710. The fourth-order valence-electron chi connectivity index (χ4n) is 1.64. The quantitative estimate of drug-likeness (QED) is 0.862. The molecule has 0 aliphatic rings. The SMILES string of the molecule is CCN(CC)C(=O)COc1c(Cl)cccc1CO. The first-order chi connectivity index (χ1) is 8.63. The van der Waals surface area contributed by atoms with Crippen LogP contribution in [0.2, 0.25) is 5.02 Å². The topological polar surface area (TPSA) is 49.8 Å². The summed E-state index contributed by atoms with van der Waals surface area (Å²) in [5.41, 5.74) is 0.579. The highest BCUT2D eigenvalue weighted by atomic mass is 35.5. The summed E-state index contributed by atoms with van der Waals surface area (Å²) in [6.07, 6.45) is 0. The molecule has 0 bridgehead atoms. The number of carbonyl (C=O) groups excluding carboxylic acids is 1. The smallest absolute Gasteiger partial charge is 0.260 e. The van der Waals surface area contributed by atoms with Crippen LogP contribution in [-0.4, -0.2) is 35.6 Å². The number of nitrogens with zero attached hydrogens (tertiary/aromatic N) is 1. The van der Waals surface area contributed by atoms with Gasteiger partial charge in [-0.1, -0.05) is 23.7 Å². The summed E-state index contributed by atoms with van der Waals surface area (Å²) < 4.78 is 5.42. The standard InChI is InChI=1S/C13H18ClNO3/c1-3-15(4-2)12(17)9-18-13-10(8-16)6-5-7-11(13)14/h5-7,16H,3-4,8-9H2,1-2H3. The third-order valence-electron chi connectivity index (χ3n) is 2.68. The molecule has 1 aromatic rings. The number of aliphatic hydroxyl groups excluding tert-OH is 1. The predicted octanol–water partition coefficient (Wildman–Crippen LogP) is 2.08. The Morgan fingerprint density at radius 2 is 2.06 bits per heavy atom. The van der Waals surface area contributed by atoms with Gasteiger partial charge in [0, 0.05) is 18.7 Å². The van der Waals surface area contributed by atoms with Crippen molar-refractivity contribution in [2.24, 2.45) is 0 Å². The molecule has 0 saturated carbocycles. The molecule has 1 rings (SSSR count). The van der Waals surface area contributed by atoms with E-state index in [9.17, 15) is 9.90 Å². The maximum absolute atomic E-state index is 11.8. The Kier molecular flexibility index (Phi) is 5.95. The van der Waals surface area contributed by atoms with E-state index >= 15 is 0 Å². The number of likely N-dealkylation sites (N-methyl/N-ethyl adjacent to an activating group) is 1. The van der Waals surface area contributed by atoms with Crippen molar-refractivity contribution in [3.8, 4) is 5.75 Å². The van der Waals surface area contributed by atoms with Gasteiger partial charge in [0.25, 0.3) is 5.91 Å². The molecule has 0 saturated heterocycles. The molecule has 18 heavy (non-hydrogen) atoms. The maximum Gasteiger partial charge on any atom is 0.260 e. The molecule has 0 radical (unpaired) electrons. The van der Waals surface area contributed by atoms with Crippen molar-refractivity contribution in [2.45, 2.75) is 20.5 Å². The van der Waals surface area contributed by atoms with Crippen molar-refractivity contribution in [3.63, 3.8) is 0 Å². The van der Waals surface area contributed by atoms with Crippen molar-refractivity contribution in [1.29, 1.82) is 0 Å². The molecule has 4 nitrogen and oxygen atoms in total. The molecule has 0 aromatic heterocycles. The van der Waals surface area contributed by atoms with Gasteiger partial charge in [-0.15, -0.1) is 0 Å². The third-order valence-corrected chi connectivity index (χ3v) is 2.97. The minimum atomic E-state index is -0.171. The number of ether oxygens (including phenoxy) is 1. The van der Waals surface area contributed by atoms with Gasteiger partial charge < -0.3 is 14.7 Å². The van der Waals surface area contributed by atoms with E-state index in [4.69, 9.17) is 16.3 Å². The monoisotopic (exact) mass is 271 g/mol. The Bertz CT molecular complexity index is 405. The molecular weight excluding hydrogens is 254 g/mol. The summed E-state index contributed by atoms with van der Waals surface area (Å²) in [5.74, 6) is 0.283. The Labute approximate surface area is 112 Å². The fourth-order valence-corrected chi connectivity index (χ4v) is 1.89. The second kappa shape index (κ2) is 7.24. The van der Waals surface area contributed by atoms with Crippen molar-refractivity contribution < 1.29 is 14.6 Å². The van der Waals surface area contributed by atoms with Crippen molar-refractivity contribution >= 4 is 17.5 Å².